The van der Waals surface area contributed by atoms with E-state index in [9.17, 15) is 9.59 Å². The van der Waals surface area contributed by atoms with Crippen LogP contribution in [0.25, 0.3) is 0 Å². The molecule has 1 heterocycles. The predicted octanol–water partition coefficient (Wildman–Crippen LogP) is 10.0. The fourth-order valence-electron chi connectivity index (χ4n) is 7.99. The van der Waals surface area contributed by atoms with Crippen molar-refractivity contribution in [2.24, 2.45) is 0 Å². The summed E-state index contributed by atoms with van der Waals surface area (Å²) in [6.07, 6.45) is 46.0. The molecule has 1 rings (SSSR count). The maximum atomic E-state index is 12.5. The number of amides is 2. The van der Waals surface area contributed by atoms with Crippen LogP contribution in [0, 0.1) is 0 Å². The molecule has 0 spiro atoms. The topological polar surface area (TPSA) is 49.4 Å². The summed E-state index contributed by atoms with van der Waals surface area (Å²) in [4.78, 5) is 27.0. The molecule has 0 saturated carbocycles. The first-order valence-corrected chi connectivity index (χ1v) is 22.9. The second-order valence-corrected chi connectivity index (χ2v) is 16.7. The minimum Gasteiger partial charge on any atom is -1.00 e. The molecule has 0 aromatic carbocycles. The first kappa shape index (κ1) is 50.2. The third-order valence-corrected chi connectivity index (χ3v) is 11.4. The van der Waals surface area contributed by atoms with Crippen LogP contribution in [0.5, 0.6) is 0 Å². The molecule has 0 aromatic heterocycles. The van der Waals surface area contributed by atoms with Crippen LogP contribution in [0.4, 0.5) is 0 Å². The number of carbonyl (C=O) groups excluding carboxylic acids is 2. The highest BCUT2D eigenvalue weighted by Crippen LogP contribution is 2.18. The van der Waals surface area contributed by atoms with E-state index in [1.165, 1.54) is 193 Å². The second-order valence-electron chi connectivity index (χ2n) is 16.7. The molecule has 1 aliphatic heterocycles. The molecule has 1 N–H and O–H groups in total. The van der Waals surface area contributed by atoms with Gasteiger partial charge in [-0.2, -0.15) is 0 Å². The van der Waals surface area contributed by atoms with Crippen molar-refractivity contribution in [3.05, 3.63) is 0 Å². The maximum absolute atomic E-state index is 12.5. The molecule has 0 bridgehead atoms. The van der Waals surface area contributed by atoms with Crippen molar-refractivity contribution in [3.8, 4) is 0 Å². The number of hydrogen-bond donors (Lipinski definition) is 1. The van der Waals surface area contributed by atoms with Crippen LogP contribution in [-0.2, 0) is 9.59 Å². The number of nitrogens with zero attached hydrogens (tertiary/aromatic N) is 2. The molecule has 0 aromatic rings. The Balaban J connectivity index is 0.0000250. The smallest absolute Gasteiger partial charge is 0.226 e. The number of hydrogen-bond acceptors (Lipinski definition) is 2. The zero-order valence-corrected chi connectivity index (χ0v) is 35.6. The van der Waals surface area contributed by atoms with Gasteiger partial charge in [-0.3, -0.25) is 14.5 Å². The normalized spacial score (nSPS) is 14.2. The van der Waals surface area contributed by atoms with Gasteiger partial charge in [0.1, 0.15) is 0 Å². The van der Waals surface area contributed by atoms with Crippen molar-refractivity contribution in [2.45, 2.75) is 239 Å². The maximum Gasteiger partial charge on any atom is 0.226 e. The first-order chi connectivity index (χ1) is 24.5. The predicted molar refractivity (Wildman–Crippen MR) is 218 cm³/mol. The summed E-state index contributed by atoms with van der Waals surface area (Å²) in [5.74, 6) is 0.555. The number of carbonyl (C=O) groups is 2. The summed E-state index contributed by atoms with van der Waals surface area (Å²) in [5.41, 5.74) is 0. The van der Waals surface area contributed by atoms with Gasteiger partial charge in [-0.1, -0.05) is 194 Å². The van der Waals surface area contributed by atoms with Crippen molar-refractivity contribution >= 4 is 11.8 Å². The Morgan fingerprint density at radius 1 is 0.549 bits per heavy atom. The molecule has 1 saturated heterocycles. The van der Waals surface area contributed by atoms with Crippen molar-refractivity contribution in [2.75, 3.05) is 39.9 Å². The average Bonchev–Trinajstić information content (AvgIpc) is 3.51. The largest absolute Gasteiger partial charge is 1.00 e. The molecule has 0 radical (unpaired) electrons. The Labute approximate surface area is 326 Å². The van der Waals surface area contributed by atoms with Crippen LogP contribution >= 0.6 is 0 Å². The fraction of sp³-hybridized carbons (Fsp3) is 0.956. The summed E-state index contributed by atoms with van der Waals surface area (Å²) in [7, 11) is 2.34. The molecule has 1 atom stereocenters. The second kappa shape index (κ2) is 37.5. The standard InChI is InChI=1S/C45H89N3O2.ClH/c1-4-6-8-10-12-14-16-18-20-22-24-26-28-30-32-34-41-48(3,43-47-40-35-38-45(47)50)42-36-39-46-44(49)37-33-31-29-27-25-23-21-19-17-15-13-11-9-7-5-2;/h4-43H2,1-3H3;1H. The van der Waals surface area contributed by atoms with Crippen LogP contribution < -0.4 is 17.7 Å². The number of rotatable bonds is 39. The van der Waals surface area contributed by atoms with Gasteiger partial charge >= 0.3 is 0 Å². The Bertz CT molecular complexity index is 766. The third kappa shape index (κ3) is 32.4. The molecule has 51 heavy (non-hydrogen) atoms. The number of quaternary nitrogens is 1. The highest BCUT2D eigenvalue weighted by Gasteiger charge is 2.29. The highest BCUT2D eigenvalue weighted by molar-refractivity contribution is 5.77. The molecule has 0 aliphatic carbocycles. The molecule has 5 nitrogen and oxygen atoms in total. The molecule has 1 unspecified atom stereocenters. The quantitative estimate of drug-likeness (QED) is 0.0504. The fourth-order valence-corrected chi connectivity index (χ4v) is 7.99. The van der Waals surface area contributed by atoms with Crippen LogP contribution in [-0.4, -0.2) is 61.1 Å². The van der Waals surface area contributed by atoms with Crippen LogP contribution in [0.1, 0.15) is 239 Å². The molecule has 304 valence electrons. The lowest BCUT2D eigenvalue weighted by Crippen LogP contribution is -3.00. The van der Waals surface area contributed by atoms with Crippen molar-refractivity contribution < 1.29 is 26.5 Å². The van der Waals surface area contributed by atoms with Crippen molar-refractivity contribution in [1.82, 2.24) is 10.2 Å². The summed E-state index contributed by atoms with van der Waals surface area (Å²) in [6, 6.07) is 0. The minimum atomic E-state index is 0. The average molecular weight is 741 g/mol. The molecule has 1 aliphatic rings. The van der Waals surface area contributed by atoms with Crippen LogP contribution in [0.2, 0.25) is 0 Å². The summed E-state index contributed by atoms with van der Waals surface area (Å²) in [5, 5.41) is 3.20. The van der Waals surface area contributed by atoms with Crippen LogP contribution in [0.3, 0.4) is 0 Å². The number of unbranched alkanes of at least 4 members (excludes halogenated alkanes) is 29. The first-order valence-electron chi connectivity index (χ1n) is 22.9. The van der Waals surface area contributed by atoms with Gasteiger partial charge in [0, 0.05) is 32.4 Å². The minimum absolute atomic E-state index is 0. The summed E-state index contributed by atoms with van der Waals surface area (Å²) < 4.78 is 0.930. The summed E-state index contributed by atoms with van der Waals surface area (Å²) >= 11 is 0. The lowest BCUT2D eigenvalue weighted by atomic mass is 10.0. The molecule has 2 amide bonds. The SMILES string of the molecule is CCCCCCCCCCCCCCCCCC[N+](C)(CCCNC(=O)CCCCCCCCCCCCCCCCC)CN1CCCC1=O.[Cl-]. The van der Waals surface area contributed by atoms with E-state index in [-0.39, 0.29) is 18.3 Å². The third-order valence-electron chi connectivity index (χ3n) is 11.4. The zero-order chi connectivity index (χ0) is 36.2. The van der Waals surface area contributed by atoms with Gasteiger partial charge in [0.25, 0.3) is 0 Å². The van der Waals surface area contributed by atoms with Gasteiger partial charge in [-0.05, 0) is 25.7 Å². The van der Waals surface area contributed by atoms with E-state index in [0.717, 1.165) is 56.6 Å². The van der Waals surface area contributed by atoms with E-state index in [0.29, 0.717) is 18.7 Å². The lowest BCUT2D eigenvalue weighted by Gasteiger charge is -2.38. The van der Waals surface area contributed by atoms with Gasteiger partial charge in [0.05, 0.1) is 20.1 Å². The van der Waals surface area contributed by atoms with Crippen LogP contribution in [0.15, 0.2) is 0 Å². The highest BCUT2D eigenvalue weighted by atomic mass is 35.5. The Kier molecular flexibility index (Phi) is 36.9. The van der Waals surface area contributed by atoms with E-state index in [1.807, 2.05) is 0 Å². The van der Waals surface area contributed by atoms with Gasteiger partial charge in [0.15, 0.2) is 6.67 Å². The summed E-state index contributed by atoms with van der Waals surface area (Å²) in [6.45, 7) is 9.27. The molecule has 1 fully saturated rings. The zero-order valence-electron chi connectivity index (χ0n) is 34.9. The lowest BCUT2D eigenvalue weighted by molar-refractivity contribution is -0.918. The number of halogens is 1. The van der Waals surface area contributed by atoms with Gasteiger partial charge < -0.3 is 22.2 Å². The van der Waals surface area contributed by atoms with E-state index < -0.39 is 0 Å². The van der Waals surface area contributed by atoms with E-state index in [2.05, 4.69) is 31.1 Å². The monoisotopic (exact) mass is 740 g/mol. The van der Waals surface area contributed by atoms with E-state index in [1.54, 1.807) is 0 Å². The molecule has 6 heteroatoms. The molecular formula is C45H90ClN3O2. The van der Waals surface area contributed by atoms with Gasteiger partial charge in [-0.25, -0.2) is 0 Å². The molecular weight excluding hydrogens is 650 g/mol. The van der Waals surface area contributed by atoms with Gasteiger partial charge in [-0.15, -0.1) is 0 Å². The Morgan fingerprint density at radius 3 is 1.27 bits per heavy atom. The van der Waals surface area contributed by atoms with E-state index >= 15 is 0 Å². The van der Waals surface area contributed by atoms with Gasteiger partial charge in [0.2, 0.25) is 11.8 Å². The van der Waals surface area contributed by atoms with E-state index in [4.69, 9.17) is 0 Å². The van der Waals surface area contributed by atoms with Crippen molar-refractivity contribution in [3.63, 3.8) is 0 Å². The number of nitrogens with one attached hydrogen (secondary N) is 1. The number of likely N-dealkylation sites (tertiary alicyclic amines) is 1. The van der Waals surface area contributed by atoms with Crippen molar-refractivity contribution in [1.29, 1.82) is 0 Å². The Hall–Kier alpha value is -0.810. The Morgan fingerprint density at radius 2 is 0.902 bits per heavy atom.